The van der Waals surface area contributed by atoms with Crippen LogP contribution in [0.4, 0.5) is 11.4 Å². The van der Waals surface area contributed by atoms with E-state index in [0.717, 1.165) is 5.56 Å². The second-order valence-electron chi connectivity index (χ2n) is 5.54. The van der Waals surface area contributed by atoms with Gasteiger partial charge in [-0.25, -0.2) is 0 Å². The molecule has 5 nitrogen and oxygen atoms in total. The van der Waals surface area contributed by atoms with Crippen molar-refractivity contribution in [1.82, 2.24) is 0 Å². The molecule has 2 aromatic rings. The second kappa shape index (κ2) is 8.15. The fraction of sp³-hybridized carbons (Fsp3) is 0.263. The van der Waals surface area contributed by atoms with Crippen molar-refractivity contribution in [2.45, 2.75) is 33.3 Å². The van der Waals surface area contributed by atoms with Crippen LogP contribution in [0, 0.1) is 6.92 Å². The summed E-state index contributed by atoms with van der Waals surface area (Å²) in [5, 5.41) is 5.55. The van der Waals surface area contributed by atoms with Gasteiger partial charge in [0.25, 0.3) is 5.91 Å². The Morgan fingerprint density at radius 2 is 1.67 bits per heavy atom. The number of amides is 2. The Morgan fingerprint density at radius 1 is 1.04 bits per heavy atom. The van der Waals surface area contributed by atoms with E-state index in [-0.39, 0.29) is 11.8 Å². The van der Waals surface area contributed by atoms with E-state index in [0.29, 0.717) is 23.5 Å². The van der Waals surface area contributed by atoms with E-state index in [2.05, 4.69) is 10.6 Å². The number of carbonyl (C=O) groups excluding carboxylic acids is 2. The molecule has 0 heterocycles. The van der Waals surface area contributed by atoms with E-state index >= 15 is 0 Å². The summed E-state index contributed by atoms with van der Waals surface area (Å²) >= 11 is 0. The van der Waals surface area contributed by atoms with Gasteiger partial charge < -0.3 is 15.4 Å². The Kier molecular flexibility index (Phi) is 5.95. The summed E-state index contributed by atoms with van der Waals surface area (Å²) in [5.41, 5.74) is 2.42. The molecule has 0 aliphatic heterocycles. The van der Waals surface area contributed by atoms with E-state index in [4.69, 9.17) is 4.74 Å². The molecule has 2 aromatic carbocycles. The summed E-state index contributed by atoms with van der Waals surface area (Å²) < 4.78 is 5.65. The Hall–Kier alpha value is -2.82. The number of benzene rings is 2. The first-order valence-electron chi connectivity index (χ1n) is 7.92. The molecule has 24 heavy (non-hydrogen) atoms. The molecule has 0 aliphatic carbocycles. The van der Waals surface area contributed by atoms with Crippen molar-refractivity contribution in [2.75, 3.05) is 10.6 Å². The fourth-order valence-electron chi connectivity index (χ4n) is 2.08. The van der Waals surface area contributed by atoms with Crippen LogP contribution in [0.3, 0.4) is 0 Å². The molecule has 5 heteroatoms. The molecule has 0 aliphatic rings. The third-order valence-electron chi connectivity index (χ3n) is 3.43. The van der Waals surface area contributed by atoms with Crippen LogP contribution in [-0.2, 0) is 9.59 Å². The van der Waals surface area contributed by atoms with Gasteiger partial charge in [0.2, 0.25) is 5.91 Å². The van der Waals surface area contributed by atoms with Crippen LogP contribution in [0.2, 0.25) is 0 Å². The Balaban J connectivity index is 1.92. The summed E-state index contributed by atoms with van der Waals surface area (Å²) in [5.74, 6) is 0.379. The van der Waals surface area contributed by atoms with E-state index in [9.17, 15) is 9.59 Å². The predicted octanol–water partition coefficient (Wildman–Crippen LogP) is 3.75. The Bertz CT molecular complexity index is 711. The number of aryl methyl sites for hydroxylation is 1. The Labute approximate surface area is 142 Å². The van der Waals surface area contributed by atoms with Crippen molar-refractivity contribution in [3.63, 3.8) is 0 Å². The lowest BCUT2D eigenvalue weighted by molar-refractivity contribution is -0.122. The van der Waals surface area contributed by atoms with Crippen molar-refractivity contribution in [2.24, 2.45) is 0 Å². The quantitative estimate of drug-likeness (QED) is 0.849. The van der Waals surface area contributed by atoms with Crippen LogP contribution in [-0.4, -0.2) is 17.9 Å². The van der Waals surface area contributed by atoms with Gasteiger partial charge in [0.1, 0.15) is 5.75 Å². The topological polar surface area (TPSA) is 67.4 Å². The van der Waals surface area contributed by atoms with Crippen LogP contribution in [0.15, 0.2) is 48.5 Å². The number of nitrogens with one attached hydrogen (secondary N) is 2. The van der Waals surface area contributed by atoms with Crippen LogP contribution in [0.25, 0.3) is 0 Å². The highest BCUT2D eigenvalue weighted by atomic mass is 16.5. The van der Waals surface area contributed by atoms with Gasteiger partial charge in [0, 0.05) is 17.8 Å². The molecule has 2 rings (SSSR count). The SMILES string of the molecule is CCC(=O)Nc1ccc(NC(=O)[C@H](C)Oc2cccc(C)c2)cc1. The van der Waals surface area contributed by atoms with E-state index in [1.165, 1.54) is 0 Å². The number of rotatable bonds is 6. The molecule has 0 fully saturated rings. The molecule has 0 unspecified atom stereocenters. The number of ether oxygens (including phenoxy) is 1. The van der Waals surface area contributed by atoms with Crippen molar-refractivity contribution in [3.05, 3.63) is 54.1 Å². The van der Waals surface area contributed by atoms with Gasteiger partial charge in [-0.2, -0.15) is 0 Å². The molecular weight excluding hydrogens is 304 g/mol. The second-order valence-corrected chi connectivity index (χ2v) is 5.54. The number of hydrogen-bond donors (Lipinski definition) is 2. The lowest BCUT2D eigenvalue weighted by Crippen LogP contribution is -2.30. The molecule has 0 saturated heterocycles. The first kappa shape index (κ1) is 17.5. The lowest BCUT2D eigenvalue weighted by Gasteiger charge is -2.15. The average molecular weight is 326 g/mol. The van der Waals surface area contributed by atoms with Crippen LogP contribution in [0.5, 0.6) is 5.75 Å². The van der Waals surface area contributed by atoms with Crippen LogP contribution < -0.4 is 15.4 Å². The normalized spacial score (nSPS) is 11.5. The average Bonchev–Trinajstić information content (AvgIpc) is 2.56. The minimum Gasteiger partial charge on any atom is -0.481 e. The zero-order valence-corrected chi connectivity index (χ0v) is 14.1. The van der Waals surface area contributed by atoms with Gasteiger partial charge in [0.05, 0.1) is 0 Å². The highest BCUT2D eigenvalue weighted by Crippen LogP contribution is 2.17. The van der Waals surface area contributed by atoms with Crippen molar-refractivity contribution in [3.8, 4) is 5.75 Å². The first-order chi connectivity index (χ1) is 11.5. The van der Waals surface area contributed by atoms with Gasteiger partial charge in [0.15, 0.2) is 6.10 Å². The summed E-state index contributed by atoms with van der Waals surface area (Å²) in [6.07, 6.45) is -0.196. The van der Waals surface area contributed by atoms with E-state index in [1.54, 1.807) is 38.1 Å². The molecule has 2 amide bonds. The molecule has 126 valence electrons. The zero-order chi connectivity index (χ0) is 17.5. The molecule has 0 bridgehead atoms. The molecular formula is C19H22N2O3. The number of hydrogen-bond acceptors (Lipinski definition) is 3. The maximum atomic E-state index is 12.2. The first-order valence-corrected chi connectivity index (χ1v) is 7.92. The molecule has 0 spiro atoms. The van der Waals surface area contributed by atoms with Gasteiger partial charge in [-0.05, 0) is 55.8 Å². The van der Waals surface area contributed by atoms with Crippen molar-refractivity contribution >= 4 is 23.2 Å². The fourth-order valence-corrected chi connectivity index (χ4v) is 2.08. The highest BCUT2D eigenvalue weighted by molar-refractivity contribution is 5.95. The highest BCUT2D eigenvalue weighted by Gasteiger charge is 2.15. The van der Waals surface area contributed by atoms with E-state index in [1.807, 2.05) is 31.2 Å². The number of carbonyl (C=O) groups is 2. The standard InChI is InChI=1S/C19H22N2O3/c1-4-18(22)20-15-8-10-16(11-9-15)21-19(23)14(3)24-17-7-5-6-13(2)12-17/h5-12,14H,4H2,1-3H3,(H,20,22)(H,21,23)/t14-/m0/s1. The summed E-state index contributed by atoms with van der Waals surface area (Å²) in [6, 6.07) is 14.5. The summed E-state index contributed by atoms with van der Waals surface area (Å²) in [4.78, 5) is 23.5. The predicted molar refractivity (Wildman–Crippen MR) is 95.3 cm³/mol. The summed E-state index contributed by atoms with van der Waals surface area (Å²) in [7, 11) is 0. The molecule has 0 radical (unpaired) electrons. The van der Waals surface area contributed by atoms with Crippen molar-refractivity contribution in [1.29, 1.82) is 0 Å². The largest absolute Gasteiger partial charge is 0.481 e. The molecule has 0 aromatic heterocycles. The third kappa shape index (κ3) is 5.12. The smallest absolute Gasteiger partial charge is 0.265 e. The van der Waals surface area contributed by atoms with Gasteiger partial charge in [-0.15, -0.1) is 0 Å². The lowest BCUT2D eigenvalue weighted by atomic mass is 10.2. The molecule has 2 N–H and O–H groups in total. The van der Waals surface area contributed by atoms with Crippen molar-refractivity contribution < 1.29 is 14.3 Å². The Morgan fingerprint density at radius 3 is 2.25 bits per heavy atom. The van der Waals surface area contributed by atoms with Gasteiger partial charge >= 0.3 is 0 Å². The number of anilines is 2. The summed E-state index contributed by atoms with van der Waals surface area (Å²) in [6.45, 7) is 5.46. The van der Waals surface area contributed by atoms with Gasteiger partial charge in [-0.3, -0.25) is 9.59 Å². The molecule has 0 saturated carbocycles. The maximum absolute atomic E-state index is 12.2. The maximum Gasteiger partial charge on any atom is 0.265 e. The van der Waals surface area contributed by atoms with Crippen LogP contribution in [0.1, 0.15) is 25.8 Å². The minimum atomic E-state index is -0.619. The minimum absolute atomic E-state index is 0.0491. The monoisotopic (exact) mass is 326 g/mol. The third-order valence-corrected chi connectivity index (χ3v) is 3.43. The zero-order valence-electron chi connectivity index (χ0n) is 14.1. The van der Waals surface area contributed by atoms with Gasteiger partial charge in [-0.1, -0.05) is 19.1 Å². The van der Waals surface area contributed by atoms with Crippen LogP contribution >= 0.6 is 0 Å². The molecule has 1 atom stereocenters. The van der Waals surface area contributed by atoms with E-state index < -0.39 is 6.10 Å².